The maximum absolute atomic E-state index is 13.1. The van der Waals surface area contributed by atoms with Gasteiger partial charge in [0.2, 0.25) is 15.9 Å². The highest BCUT2D eigenvalue weighted by Gasteiger charge is 2.16. The Bertz CT molecular complexity index is 793. The van der Waals surface area contributed by atoms with Crippen LogP contribution in [-0.4, -0.2) is 27.4 Å². The van der Waals surface area contributed by atoms with Crippen molar-refractivity contribution < 1.29 is 22.0 Å². The second-order valence-electron chi connectivity index (χ2n) is 4.90. The zero-order chi connectivity index (χ0) is 17.6. The number of carbonyl (C=O) groups is 1. The molecule has 9 heteroatoms. The van der Waals surface area contributed by atoms with Crippen LogP contribution < -0.4 is 10.0 Å². The number of nitrogens with one attached hydrogen (secondary N) is 2. The van der Waals surface area contributed by atoms with Gasteiger partial charge >= 0.3 is 0 Å². The summed E-state index contributed by atoms with van der Waals surface area (Å²) in [5.74, 6) is -2.66. The van der Waals surface area contributed by atoms with Crippen LogP contribution in [0.5, 0.6) is 0 Å². The van der Waals surface area contributed by atoms with E-state index in [1.54, 1.807) is 11.3 Å². The Labute approximate surface area is 142 Å². The number of hydrogen-bond donors (Lipinski definition) is 2. The average Bonchev–Trinajstić information content (AvgIpc) is 3.03. The quantitative estimate of drug-likeness (QED) is 0.743. The van der Waals surface area contributed by atoms with Gasteiger partial charge in [0.1, 0.15) is 0 Å². The van der Waals surface area contributed by atoms with E-state index in [0.717, 1.165) is 17.0 Å². The molecule has 1 amide bonds. The Morgan fingerprint density at radius 2 is 1.92 bits per heavy atom. The molecule has 130 valence electrons. The first kappa shape index (κ1) is 18.5. The fraction of sp³-hybridized carbons (Fsp3) is 0.267. The summed E-state index contributed by atoms with van der Waals surface area (Å²) >= 11 is 1.60. The second-order valence-corrected chi connectivity index (χ2v) is 7.70. The third-order valence-corrected chi connectivity index (χ3v) is 5.51. The SMILES string of the molecule is O=C(CCNS(=O)(=O)c1ccc(F)c(F)c1)NCCc1cccs1. The summed E-state index contributed by atoms with van der Waals surface area (Å²) in [5, 5.41) is 4.64. The number of sulfonamides is 1. The molecule has 1 aromatic heterocycles. The van der Waals surface area contributed by atoms with Crippen molar-refractivity contribution in [3.05, 3.63) is 52.2 Å². The molecule has 1 heterocycles. The van der Waals surface area contributed by atoms with Gasteiger partial charge in [-0.3, -0.25) is 4.79 Å². The number of thiophene rings is 1. The van der Waals surface area contributed by atoms with Crippen LogP contribution in [0.4, 0.5) is 8.78 Å². The third-order valence-electron chi connectivity index (χ3n) is 3.12. The minimum Gasteiger partial charge on any atom is -0.356 e. The molecule has 1 aromatic carbocycles. The minimum absolute atomic E-state index is 0.0483. The molecule has 2 aromatic rings. The molecular formula is C15H16F2N2O3S2. The van der Waals surface area contributed by atoms with E-state index in [1.807, 2.05) is 17.5 Å². The molecule has 0 aliphatic carbocycles. The molecule has 0 radical (unpaired) electrons. The predicted molar refractivity (Wildman–Crippen MR) is 87.2 cm³/mol. The summed E-state index contributed by atoms with van der Waals surface area (Å²) < 4.78 is 51.9. The Hall–Kier alpha value is -1.84. The lowest BCUT2D eigenvalue weighted by Crippen LogP contribution is -2.31. The van der Waals surface area contributed by atoms with Gasteiger partial charge < -0.3 is 5.32 Å². The lowest BCUT2D eigenvalue weighted by molar-refractivity contribution is -0.120. The van der Waals surface area contributed by atoms with E-state index in [2.05, 4.69) is 10.0 Å². The Kier molecular flexibility index (Phi) is 6.41. The zero-order valence-electron chi connectivity index (χ0n) is 12.6. The molecule has 0 saturated heterocycles. The summed E-state index contributed by atoms with van der Waals surface area (Å²) in [6, 6.07) is 6.18. The standard InChI is InChI=1S/C15H16F2N2O3S2/c16-13-4-3-12(10-14(13)17)24(21,22)19-8-6-15(20)18-7-5-11-2-1-9-23-11/h1-4,9-10,19H,5-8H2,(H,18,20). The molecule has 0 unspecified atom stereocenters. The number of halogens is 2. The number of rotatable bonds is 8. The molecule has 0 aliphatic rings. The second kappa shape index (κ2) is 8.32. The largest absolute Gasteiger partial charge is 0.356 e. The van der Waals surface area contributed by atoms with E-state index in [4.69, 9.17) is 0 Å². The van der Waals surface area contributed by atoms with Gasteiger partial charge in [0.25, 0.3) is 0 Å². The van der Waals surface area contributed by atoms with Gasteiger partial charge in [0.05, 0.1) is 4.90 Å². The summed E-state index contributed by atoms with van der Waals surface area (Å²) in [7, 11) is -3.99. The van der Waals surface area contributed by atoms with E-state index < -0.39 is 21.7 Å². The average molecular weight is 374 g/mol. The number of hydrogen-bond acceptors (Lipinski definition) is 4. The zero-order valence-corrected chi connectivity index (χ0v) is 14.2. The smallest absolute Gasteiger partial charge is 0.240 e. The molecule has 0 spiro atoms. The number of carbonyl (C=O) groups excluding carboxylic acids is 1. The predicted octanol–water partition coefficient (Wildman–Crippen LogP) is 2.05. The first-order chi connectivity index (χ1) is 11.4. The molecule has 2 N–H and O–H groups in total. The first-order valence-electron chi connectivity index (χ1n) is 7.12. The van der Waals surface area contributed by atoms with E-state index in [9.17, 15) is 22.0 Å². The van der Waals surface area contributed by atoms with Gasteiger partial charge in [-0.25, -0.2) is 21.9 Å². The van der Waals surface area contributed by atoms with E-state index in [0.29, 0.717) is 19.0 Å². The topological polar surface area (TPSA) is 75.3 Å². The lowest BCUT2D eigenvalue weighted by atomic mass is 10.3. The van der Waals surface area contributed by atoms with Gasteiger partial charge in [0.15, 0.2) is 11.6 Å². The van der Waals surface area contributed by atoms with Crippen LogP contribution in [0.2, 0.25) is 0 Å². The summed E-state index contributed by atoms with van der Waals surface area (Å²) in [6.07, 6.45) is 0.664. The van der Waals surface area contributed by atoms with E-state index >= 15 is 0 Å². The van der Waals surface area contributed by atoms with Gasteiger partial charge in [-0.1, -0.05) is 6.07 Å². The third kappa shape index (κ3) is 5.36. The minimum atomic E-state index is -3.99. The highest BCUT2D eigenvalue weighted by atomic mass is 32.2. The maximum Gasteiger partial charge on any atom is 0.240 e. The number of amides is 1. The monoisotopic (exact) mass is 374 g/mol. The highest BCUT2D eigenvalue weighted by Crippen LogP contribution is 2.13. The molecule has 0 saturated carbocycles. The van der Waals surface area contributed by atoms with Crippen LogP contribution >= 0.6 is 11.3 Å². The van der Waals surface area contributed by atoms with Crippen molar-refractivity contribution in [3.8, 4) is 0 Å². The summed E-state index contributed by atoms with van der Waals surface area (Å²) in [4.78, 5) is 12.4. The first-order valence-corrected chi connectivity index (χ1v) is 9.48. The van der Waals surface area contributed by atoms with Crippen LogP contribution in [0.25, 0.3) is 0 Å². The van der Waals surface area contributed by atoms with Crippen molar-refractivity contribution in [2.24, 2.45) is 0 Å². The van der Waals surface area contributed by atoms with Gasteiger partial charge in [-0.15, -0.1) is 11.3 Å². The Balaban J connectivity index is 1.75. The van der Waals surface area contributed by atoms with E-state index in [-0.39, 0.29) is 23.8 Å². The van der Waals surface area contributed by atoms with Crippen molar-refractivity contribution >= 4 is 27.3 Å². The van der Waals surface area contributed by atoms with Crippen LogP contribution in [0, 0.1) is 11.6 Å². The van der Waals surface area contributed by atoms with E-state index in [1.165, 1.54) is 0 Å². The molecule has 0 aliphatic heterocycles. The maximum atomic E-state index is 13.1. The normalized spacial score (nSPS) is 11.4. The molecule has 0 bridgehead atoms. The lowest BCUT2D eigenvalue weighted by Gasteiger charge is -2.08. The summed E-state index contributed by atoms with van der Waals surface area (Å²) in [5.41, 5.74) is 0. The van der Waals surface area contributed by atoms with Crippen molar-refractivity contribution in [2.45, 2.75) is 17.7 Å². The Morgan fingerprint density at radius 1 is 1.12 bits per heavy atom. The molecule has 24 heavy (non-hydrogen) atoms. The van der Waals surface area contributed by atoms with Gasteiger partial charge in [0, 0.05) is 24.4 Å². The summed E-state index contributed by atoms with van der Waals surface area (Å²) in [6.45, 7) is 0.335. The number of benzene rings is 1. The Morgan fingerprint density at radius 3 is 2.58 bits per heavy atom. The molecule has 2 rings (SSSR count). The highest BCUT2D eigenvalue weighted by molar-refractivity contribution is 7.89. The van der Waals surface area contributed by atoms with Crippen LogP contribution in [0.1, 0.15) is 11.3 Å². The molecular weight excluding hydrogens is 358 g/mol. The van der Waals surface area contributed by atoms with Crippen molar-refractivity contribution in [3.63, 3.8) is 0 Å². The van der Waals surface area contributed by atoms with Gasteiger partial charge in [-0.2, -0.15) is 0 Å². The molecule has 0 atom stereocenters. The van der Waals surface area contributed by atoms with Crippen molar-refractivity contribution in [1.29, 1.82) is 0 Å². The fourth-order valence-electron chi connectivity index (χ4n) is 1.89. The van der Waals surface area contributed by atoms with Crippen molar-refractivity contribution in [1.82, 2.24) is 10.0 Å². The fourth-order valence-corrected chi connectivity index (χ4v) is 3.65. The van der Waals surface area contributed by atoms with Gasteiger partial charge in [-0.05, 0) is 36.1 Å². The van der Waals surface area contributed by atoms with Crippen LogP contribution in [0.15, 0.2) is 40.6 Å². The van der Waals surface area contributed by atoms with Crippen molar-refractivity contribution in [2.75, 3.05) is 13.1 Å². The molecule has 5 nitrogen and oxygen atoms in total. The van der Waals surface area contributed by atoms with Crippen LogP contribution in [0.3, 0.4) is 0 Å². The molecule has 0 fully saturated rings. The van der Waals surface area contributed by atoms with Crippen LogP contribution in [-0.2, 0) is 21.2 Å².